The van der Waals surface area contributed by atoms with E-state index in [1.807, 2.05) is 29.2 Å². The predicted molar refractivity (Wildman–Crippen MR) is 90.4 cm³/mol. The second-order valence-corrected chi connectivity index (χ2v) is 6.71. The number of benzene rings is 1. The van der Waals surface area contributed by atoms with Crippen LogP contribution in [0.5, 0.6) is 0 Å². The summed E-state index contributed by atoms with van der Waals surface area (Å²) < 4.78 is 1.03. The molecule has 1 aliphatic rings. The summed E-state index contributed by atoms with van der Waals surface area (Å²) in [4.78, 5) is 14.6. The Balaban J connectivity index is 1.95. The van der Waals surface area contributed by atoms with E-state index in [-0.39, 0.29) is 5.91 Å². The van der Waals surface area contributed by atoms with E-state index in [1.165, 1.54) is 12.8 Å². The molecule has 1 aromatic rings. The van der Waals surface area contributed by atoms with Gasteiger partial charge < -0.3 is 10.2 Å². The summed E-state index contributed by atoms with van der Waals surface area (Å²) in [6.07, 6.45) is 5.12. The Hall–Kier alpha value is -0.870. The maximum absolute atomic E-state index is 12.6. The molecule has 0 aromatic heterocycles. The molecule has 1 fully saturated rings. The molecule has 1 amide bonds. The maximum atomic E-state index is 12.6. The average Bonchev–Trinajstić information content (AvgIpc) is 2.96. The number of carbonyl (C=O) groups is 1. The van der Waals surface area contributed by atoms with E-state index in [0.29, 0.717) is 12.5 Å². The van der Waals surface area contributed by atoms with Crippen molar-refractivity contribution in [3.63, 3.8) is 0 Å². The second kappa shape index (κ2) is 8.54. The average molecular weight is 353 g/mol. The highest BCUT2D eigenvalue weighted by molar-refractivity contribution is 9.10. The van der Waals surface area contributed by atoms with Crippen molar-refractivity contribution in [2.45, 2.75) is 45.1 Å². The third kappa shape index (κ3) is 5.44. The molecule has 0 saturated carbocycles. The lowest BCUT2D eigenvalue weighted by molar-refractivity contribution is -0.130. The number of hydrogen-bond donors (Lipinski definition) is 1. The molecule has 2 rings (SSSR count). The molecule has 3 nitrogen and oxygen atoms in total. The van der Waals surface area contributed by atoms with Gasteiger partial charge in [-0.2, -0.15) is 0 Å². The van der Waals surface area contributed by atoms with Gasteiger partial charge in [0.05, 0.1) is 6.42 Å². The molecule has 1 atom stereocenters. The summed E-state index contributed by atoms with van der Waals surface area (Å²) in [6.45, 7) is 4.99. The molecule has 4 heteroatoms. The lowest BCUT2D eigenvalue weighted by Crippen LogP contribution is -2.42. The Morgan fingerprint density at radius 1 is 1.48 bits per heavy atom. The molecule has 1 heterocycles. The fourth-order valence-electron chi connectivity index (χ4n) is 2.78. The molecule has 1 saturated heterocycles. The third-order valence-electron chi connectivity index (χ3n) is 3.98. The molecule has 0 aliphatic carbocycles. The number of rotatable bonds is 7. The number of nitrogens with zero attached hydrogens (tertiary/aromatic N) is 1. The minimum Gasteiger partial charge on any atom is -0.341 e. The van der Waals surface area contributed by atoms with Crippen molar-refractivity contribution in [2.24, 2.45) is 0 Å². The fraction of sp³-hybridized carbons (Fsp3) is 0.588. The SMILES string of the molecule is CCCCN(CC1CCCN1)C(=O)Cc1cccc(Br)c1. The molecule has 1 N–H and O–H groups in total. The van der Waals surface area contributed by atoms with Crippen LogP contribution in [0.1, 0.15) is 38.2 Å². The highest BCUT2D eigenvalue weighted by Gasteiger charge is 2.21. The Bertz CT molecular complexity index is 458. The summed E-state index contributed by atoms with van der Waals surface area (Å²) in [5, 5.41) is 3.49. The first-order valence-electron chi connectivity index (χ1n) is 7.94. The van der Waals surface area contributed by atoms with Gasteiger partial charge >= 0.3 is 0 Å². The first kappa shape index (κ1) is 16.5. The predicted octanol–water partition coefficient (Wildman–Crippen LogP) is 3.37. The molecule has 1 aliphatic heterocycles. The van der Waals surface area contributed by atoms with Gasteiger partial charge in [-0.15, -0.1) is 0 Å². The molecule has 116 valence electrons. The van der Waals surface area contributed by atoms with Crippen molar-refractivity contribution in [1.29, 1.82) is 0 Å². The lowest BCUT2D eigenvalue weighted by atomic mass is 10.1. The number of hydrogen-bond acceptors (Lipinski definition) is 2. The van der Waals surface area contributed by atoms with Crippen molar-refractivity contribution in [2.75, 3.05) is 19.6 Å². The molecular weight excluding hydrogens is 328 g/mol. The van der Waals surface area contributed by atoms with E-state index < -0.39 is 0 Å². The first-order chi connectivity index (χ1) is 10.2. The van der Waals surface area contributed by atoms with Crippen molar-refractivity contribution >= 4 is 21.8 Å². The minimum absolute atomic E-state index is 0.246. The Morgan fingerprint density at radius 2 is 2.33 bits per heavy atom. The molecular formula is C17H25BrN2O. The molecule has 1 aromatic carbocycles. The van der Waals surface area contributed by atoms with E-state index in [4.69, 9.17) is 0 Å². The van der Waals surface area contributed by atoms with Gasteiger partial charge in [-0.1, -0.05) is 41.4 Å². The van der Waals surface area contributed by atoms with E-state index in [9.17, 15) is 4.79 Å². The van der Waals surface area contributed by atoms with Crippen LogP contribution in [0.15, 0.2) is 28.7 Å². The number of halogens is 1. The monoisotopic (exact) mass is 352 g/mol. The van der Waals surface area contributed by atoms with Crippen LogP contribution in [0, 0.1) is 0 Å². The van der Waals surface area contributed by atoms with E-state index >= 15 is 0 Å². The smallest absolute Gasteiger partial charge is 0.227 e. The Kier molecular flexibility index (Phi) is 6.71. The standard InChI is InChI=1S/C17H25BrN2O/c1-2-3-10-20(13-16-8-5-9-19-16)17(21)12-14-6-4-7-15(18)11-14/h4,6-7,11,16,19H,2-3,5,8-10,12-13H2,1H3. The highest BCUT2D eigenvalue weighted by Crippen LogP contribution is 2.14. The van der Waals surface area contributed by atoms with E-state index in [1.54, 1.807) is 0 Å². The zero-order chi connectivity index (χ0) is 15.1. The van der Waals surface area contributed by atoms with Gasteiger partial charge in [0.1, 0.15) is 0 Å². The van der Waals surface area contributed by atoms with Gasteiger partial charge in [0.2, 0.25) is 5.91 Å². The summed E-state index contributed by atoms with van der Waals surface area (Å²) in [5.74, 6) is 0.246. The summed E-state index contributed by atoms with van der Waals surface area (Å²) in [5.41, 5.74) is 1.08. The van der Waals surface area contributed by atoms with Crippen LogP contribution in [-0.4, -0.2) is 36.5 Å². The third-order valence-corrected chi connectivity index (χ3v) is 4.48. The van der Waals surface area contributed by atoms with Crippen LogP contribution in [0.4, 0.5) is 0 Å². The van der Waals surface area contributed by atoms with Gasteiger partial charge in [0.15, 0.2) is 0 Å². The maximum Gasteiger partial charge on any atom is 0.227 e. The quantitative estimate of drug-likeness (QED) is 0.815. The largest absolute Gasteiger partial charge is 0.341 e. The molecule has 0 radical (unpaired) electrons. The topological polar surface area (TPSA) is 32.3 Å². The number of unbranched alkanes of at least 4 members (excludes halogenated alkanes) is 1. The van der Waals surface area contributed by atoms with Gasteiger partial charge in [-0.25, -0.2) is 0 Å². The van der Waals surface area contributed by atoms with Crippen LogP contribution >= 0.6 is 15.9 Å². The second-order valence-electron chi connectivity index (χ2n) is 5.79. The van der Waals surface area contributed by atoms with E-state index in [2.05, 4.69) is 28.2 Å². The van der Waals surface area contributed by atoms with Crippen LogP contribution in [0.3, 0.4) is 0 Å². The van der Waals surface area contributed by atoms with Gasteiger partial charge in [-0.05, 0) is 43.5 Å². The Morgan fingerprint density at radius 3 is 3.00 bits per heavy atom. The highest BCUT2D eigenvalue weighted by atomic mass is 79.9. The number of carbonyl (C=O) groups excluding carboxylic acids is 1. The first-order valence-corrected chi connectivity index (χ1v) is 8.74. The van der Waals surface area contributed by atoms with Gasteiger partial charge in [0.25, 0.3) is 0 Å². The van der Waals surface area contributed by atoms with Crippen molar-refractivity contribution in [1.82, 2.24) is 10.2 Å². The molecule has 0 bridgehead atoms. The summed E-state index contributed by atoms with van der Waals surface area (Å²) >= 11 is 3.47. The van der Waals surface area contributed by atoms with Crippen LogP contribution in [-0.2, 0) is 11.2 Å². The molecule has 21 heavy (non-hydrogen) atoms. The molecule has 1 unspecified atom stereocenters. The van der Waals surface area contributed by atoms with Gasteiger partial charge in [0, 0.05) is 23.6 Å². The summed E-state index contributed by atoms with van der Waals surface area (Å²) in [7, 11) is 0. The minimum atomic E-state index is 0.246. The summed E-state index contributed by atoms with van der Waals surface area (Å²) in [6, 6.07) is 8.51. The molecule has 0 spiro atoms. The van der Waals surface area contributed by atoms with Crippen LogP contribution in [0.25, 0.3) is 0 Å². The number of amides is 1. The fourth-order valence-corrected chi connectivity index (χ4v) is 3.23. The van der Waals surface area contributed by atoms with Crippen molar-refractivity contribution < 1.29 is 4.79 Å². The van der Waals surface area contributed by atoms with Crippen molar-refractivity contribution in [3.8, 4) is 0 Å². The zero-order valence-electron chi connectivity index (χ0n) is 12.8. The van der Waals surface area contributed by atoms with Crippen LogP contribution in [0.2, 0.25) is 0 Å². The van der Waals surface area contributed by atoms with Gasteiger partial charge in [-0.3, -0.25) is 4.79 Å². The van der Waals surface area contributed by atoms with E-state index in [0.717, 1.165) is 42.5 Å². The zero-order valence-corrected chi connectivity index (χ0v) is 14.4. The lowest BCUT2D eigenvalue weighted by Gasteiger charge is -2.26. The number of nitrogens with one attached hydrogen (secondary N) is 1. The van der Waals surface area contributed by atoms with Crippen LogP contribution < -0.4 is 5.32 Å². The Labute approximate surface area is 136 Å². The van der Waals surface area contributed by atoms with Crippen molar-refractivity contribution in [3.05, 3.63) is 34.3 Å². The normalized spacial score (nSPS) is 17.9.